The molecule has 1 aliphatic heterocycles. The molecule has 0 spiro atoms. The highest BCUT2D eigenvalue weighted by Crippen LogP contribution is 2.40. The summed E-state index contributed by atoms with van der Waals surface area (Å²) in [6, 6.07) is 11.4. The van der Waals surface area contributed by atoms with Crippen molar-refractivity contribution in [1.29, 1.82) is 0 Å². The third kappa shape index (κ3) is 3.54. The van der Waals surface area contributed by atoms with Crippen LogP contribution in [0.15, 0.2) is 50.4 Å². The van der Waals surface area contributed by atoms with Gasteiger partial charge in [-0.1, -0.05) is 39.8 Å². The number of benzene rings is 1. The Labute approximate surface area is 151 Å². The fourth-order valence-corrected chi connectivity index (χ4v) is 3.56. The number of hydrazone groups is 1. The van der Waals surface area contributed by atoms with Crippen LogP contribution >= 0.6 is 27.7 Å². The van der Waals surface area contributed by atoms with Gasteiger partial charge in [0.2, 0.25) is 11.8 Å². The summed E-state index contributed by atoms with van der Waals surface area (Å²) < 4.78 is 6.90. The molecule has 24 heavy (non-hydrogen) atoms. The Morgan fingerprint density at radius 1 is 1.21 bits per heavy atom. The van der Waals surface area contributed by atoms with Gasteiger partial charge >= 0.3 is 0 Å². The zero-order chi connectivity index (χ0) is 17.3. The van der Waals surface area contributed by atoms with Crippen LogP contribution in [0.2, 0.25) is 0 Å². The standard InChI is InChI=1S/C16H14BrN3O3S/c1-9(21)18-16-19-20(10(2)22)15(24-16)14-8-7-13(23-14)11-3-5-12(17)6-4-11/h3-8,15H,1-2H3,(H,18,19,21)/t15-/m0/s1. The van der Waals surface area contributed by atoms with Gasteiger partial charge in [0.05, 0.1) is 0 Å². The van der Waals surface area contributed by atoms with E-state index in [1.807, 2.05) is 36.4 Å². The number of rotatable bonds is 2. The highest BCUT2D eigenvalue weighted by atomic mass is 79.9. The normalized spacial score (nSPS) is 16.9. The Hall–Kier alpha value is -2.06. The number of carbonyl (C=O) groups is 2. The van der Waals surface area contributed by atoms with Gasteiger partial charge in [-0.2, -0.15) is 0 Å². The van der Waals surface area contributed by atoms with Gasteiger partial charge in [0.1, 0.15) is 11.5 Å². The molecule has 0 fully saturated rings. The van der Waals surface area contributed by atoms with E-state index in [9.17, 15) is 9.59 Å². The first-order valence-electron chi connectivity index (χ1n) is 7.12. The topological polar surface area (TPSA) is 74.9 Å². The maximum absolute atomic E-state index is 11.8. The Morgan fingerprint density at radius 2 is 1.92 bits per heavy atom. The first-order valence-corrected chi connectivity index (χ1v) is 8.79. The molecule has 1 atom stereocenters. The molecule has 8 heteroatoms. The lowest BCUT2D eigenvalue weighted by Gasteiger charge is -2.16. The minimum atomic E-state index is -0.437. The third-order valence-corrected chi connectivity index (χ3v) is 4.84. The number of amides is 2. The fourth-order valence-electron chi connectivity index (χ4n) is 2.20. The van der Waals surface area contributed by atoms with E-state index < -0.39 is 5.37 Å². The predicted molar refractivity (Wildman–Crippen MR) is 95.9 cm³/mol. The van der Waals surface area contributed by atoms with E-state index in [0.29, 0.717) is 16.7 Å². The molecule has 0 bridgehead atoms. The quantitative estimate of drug-likeness (QED) is 0.822. The van der Waals surface area contributed by atoms with Gasteiger partial charge in [-0.05, 0) is 24.3 Å². The summed E-state index contributed by atoms with van der Waals surface area (Å²) in [6.07, 6.45) is 0. The molecule has 0 radical (unpaired) electrons. The maximum atomic E-state index is 11.8. The molecule has 1 N–H and O–H groups in total. The summed E-state index contributed by atoms with van der Waals surface area (Å²) in [5.74, 6) is 0.835. The number of nitrogens with one attached hydrogen (secondary N) is 1. The van der Waals surface area contributed by atoms with E-state index in [-0.39, 0.29) is 11.8 Å². The SMILES string of the molecule is CC(=O)NC1=NN(C(C)=O)[C@H](c2ccc(-c3ccc(Br)cc3)o2)S1. The molecule has 3 rings (SSSR count). The molecule has 1 aromatic carbocycles. The van der Waals surface area contributed by atoms with Crippen molar-refractivity contribution in [3.05, 3.63) is 46.6 Å². The summed E-state index contributed by atoms with van der Waals surface area (Å²) in [7, 11) is 0. The third-order valence-electron chi connectivity index (χ3n) is 3.25. The van der Waals surface area contributed by atoms with Gasteiger partial charge in [-0.3, -0.25) is 9.59 Å². The predicted octanol–water partition coefficient (Wildman–Crippen LogP) is 3.71. The second-order valence-corrected chi connectivity index (χ2v) is 7.11. The molecule has 0 aliphatic carbocycles. The van der Waals surface area contributed by atoms with Crippen LogP contribution in [0, 0.1) is 0 Å². The van der Waals surface area contributed by atoms with E-state index >= 15 is 0 Å². The minimum Gasteiger partial charge on any atom is -0.458 e. The van der Waals surface area contributed by atoms with Crippen LogP contribution < -0.4 is 5.32 Å². The molecular weight excluding hydrogens is 394 g/mol. The second kappa shape index (κ2) is 6.82. The molecule has 0 saturated heterocycles. The fraction of sp³-hybridized carbons (Fsp3) is 0.188. The number of thioether (sulfide) groups is 1. The zero-order valence-corrected chi connectivity index (χ0v) is 15.3. The van der Waals surface area contributed by atoms with Gasteiger partial charge in [0.15, 0.2) is 10.5 Å². The minimum absolute atomic E-state index is 0.227. The van der Waals surface area contributed by atoms with Crippen LogP contribution in [0.25, 0.3) is 11.3 Å². The lowest BCUT2D eigenvalue weighted by molar-refractivity contribution is -0.129. The van der Waals surface area contributed by atoms with Crippen molar-refractivity contribution in [2.75, 3.05) is 0 Å². The largest absolute Gasteiger partial charge is 0.458 e. The Balaban J connectivity index is 1.85. The molecule has 0 saturated carbocycles. The number of hydrogen-bond acceptors (Lipinski definition) is 5. The number of nitrogens with zero attached hydrogens (tertiary/aromatic N) is 2. The summed E-state index contributed by atoms with van der Waals surface area (Å²) in [6.45, 7) is 2.82. The first-order chi connectivity index (χ1) is 11.4. The van der Waals surface area contributed by atoms with Gasteiger partial charge in [0, 0.05) is 23.9 Å². The van der Waals surface area contributed by atoms with Crippen molar-refractivity contribution in [3.63, 3.8) is 0 Å². The lowest BCUT2D eigenvalue weighted by Crippen LogP contribution is -2.25. The molecule has 2 amide bonds. The van der Waals surface area contributed by atoms with Crippen LogP contribution in [0.1, 0.15) is 25.0 Å². The number of carbonyl (C=O) groups excluding carboxylic acids is 2. The van der Waals surface area contributed by atoms with Crippen molar-refractivity contribution in [2.24, 2.45) is 5.10 Å². The van der Waals surface area contributed by atoms with E-state index in [2.05, 4.69) is 26.3 Å². The number of amidine groups is 1. The van der Waals surface area contributed by atoms with Gasteiger partial charge in [-0.15, -0.1) is 5.10 Å². The van der Waals surface area contributed by atoms with E-state index in [1.165, 1.54) is 30.6 Å². The molecule has 6 nitrogen and oxygen atoms in total. The first kappa shape index (κ1) is 16.8. The van der Waals surface area contributed by atoms with Crippen molar-refractivity contribution in [3.8, 4) is 11.3 Å². The second-order valence-electron chi connectivity index (χ2n) is 5.13. The summed E-state index contributed by atoms with van der Waals surface area (Å²) >= 11 is 4.66. The summed E-state index contributed by atoms with van der Waals surface area (Å²) in [4.78, 5) is 23.0. The smallest absolute Gasteiger partial charge is 0.241 e. The van der Waals surface area contributed by atoms with Gasteiger partial charge < -0.3 is 9.73 Å². The van der Waals surface area contributed by atoms with Crippen LogP contribution in [0.5, 0.6) is 0 Å². The Bertz CT molecular complexity index is 816. The van der Waals surface area contributed by atoms with Crippen molar-refractivity contribution < 1.29 is 14.0 Å². The molecule has 2 aromatic rings. The van der Waals surface area contributed by atoms with Gasteiger partial charge in [-0.25, -0.2) is 5.01 Å². The van der Waals surface area contributed by atoms with Crippen molar-refractivity contribution in [1.82, 2.24) is 10.3 Å². The molecule has 124 valence electrons. The van der Waals surface area contributed by atoms with E-state index in [0.717, 1.165) is 10.0 Å². The van der Waals surface area contributed by atoms with Crippen LogP contribution in [0.4, 0.5) is 0 Å². The highest BCUT2D eigenvalue weighted by molar-refractivity contribution is 9.10. The monoisotopic (exact) mass is 407 g/mol. The highest BCUT2D eigenvalue weighted by Gasteiger charge is 2.34. The van der Waals surface area contributed by atoms with E-state index in [1.54, 1.807) is 0 Å². The number of halogens is 1. The van der Waals surface area contributed by atoms with E-state index in [4.69, 9.17) is 4.42 Å². The van der Waals surface area contributed by atoms with Crippen molar-refractivity contribution >= 4 is 44.7 Å². The van der Waals surface area contributed by atoms with Gasteiger partial charge in [0.25, 0.3) is 0 Å². The molecule has 0 unspecified atom stereocenters. The van der Waals surface area contributed by atoms with Crippen LogP contribution in [0.3, 0.4) is 0 Å². The average molecular weight is 408 g/mol. The molecular formula is C16H14BrN3O3S. The summed E-state index contributed by atoms with van der Waals surface area (Å²) in [5.41, 5.74) is 0.935. The number of hydrogen-bond donors (Lipinski definition) is 1. The van der Waals surface area contributed by atoms with Crippen molar-refractivity contribution in [2.45, 2.75) is 19.2 Å². The number of furan rings is 1. The molecule has 2 heterocycles. The molecule has 1 aliphatic rings. The molecule has 1 aromatic heterocycles. The Kier molecular flexibility index (Phi) is 4.77. The lowest BCUT2D eigenvalue weighted by atomic mass is 10.2. The van der Waals surface area contributed by atoms with Crippen LogP contribution in [-0.2, 0) is 9.59 Å². The van der Waals surface area contributed by atoms with Crippen LogP contribution in [-0.4, -0.2) is 22.0 Å². The average Bonchev–Trinajstić information content (AvgIpc) is 3.14. The zero-order valence-electron chi connectivity index (χ0n) is 12.9. The maximum Gasteiger partial charge on any atom is 0.241 e. The Morgan fingerprint density at radius 3 is 2.54 bits per heavy atom. The summed E-state index contributed by atoms with van der Waals surface area (Å²) in [5, 5.41) is 8.00.